The number of aromatic carboxylic acids is 1. The minimum absolute atomic E-state index is 0.199. The molecular formula is C19H11F4NO4S. The molecule has 0 saturated heterocycles. The van der Waals surface area contributed by atoms with Gasteiger partial charge in [0.05, 0.1) is 17.7 Å². The Labute approximate surface area is 165 Å². The van der Waals surface area contributed by atoms with Gasteiger partial charge in [-0.25, -0.2) is 22.4 Å². The van der Waals surface area contributed by atoms with Crippen molar-refractivity contribution in [2.45, 2.75) is 0 Å². The second-order valence-electron chi connectivity index (χ2n) is 5.68. The minimum atomic E-state index is -1.56. The van der Waals surface area contributed by atoms with E-state index in [-0.39, 0.29) is 22.2 Å². The summed E-state index contributed by atoms with van der Waals surface area (Å²) in [5.41, 5.74) is -1.33. The smallest absolute Gasteiger partial charge is 0.339 e. The largest absolute Gasteiger partial charge is 0.491 e. The van der Waals surface area contributed by atoms with Gasteiger partial charge in [-0.3, -0.25) is 4.79 Å². The van der Waals surface area contributed by atoms with Gasteiger partial charge in [-0.15, -0.1) is 11.3 Å². The Morgan fingerprint density at radius 2 is 1.69 bits per heavy atom. The van der Waals surface area contributed by atoms with Gasteiger partial charge in [0.15, 0.2) is 17.4 Å². The molecule has 5 nitrogen and oxygen atoms in total. The first-order valence-corrected chi connectivity index (χ1v) is 8.76. The van der Waals surface area contributed by atoms with Crippen LogP contribution in [-0.4, -0.2) is 24.1 Å². The summed E-state index contributed by atoms with van der Waals surface area (Å²) in [6.45, 7) is 0. The zero-order valence-electron chi connectivity index (χ0n) is 14.6. The van der Waals surface area contributed by atoms with Crippen molar-refractivity contribution >= 4 is 28.9 Å². The van der Waals surface area contributed by atoms with Crippen LogP contribution < -0.4 is 10.1 Å². The van der Waals surface area contributed by atoms with Gasteiger partial charge in [0.25, 0.3) is 5.91 Å². The fraction of sp³-hybridized carbons (Fsp3) is 0.0526. The minimum Gasteiger partial charge on any atom is -0.491 e. The van der Waals surface area contributed by atoms with E-state index in [0.717, 1.165) is 30.6 Å². The fourth-order valence-corrected chi connectivity index (χ4v) is 3.63. The summed E-state index contributed by atoms with van der Waals surface area (Å²) in [5, 5.41) is 12.9. The lowest BCUT2D eigenvalue weighted by atomic mass is 10.1. The first kappa shape index (κ1) is 20.3. The van der Waals surface area contributed by atoms with Crippen molar-refractivity contribution in [3.8, 4) is 16.2 Å². The highest BCUT2D eigenvalue weighted by molar-refractivity contribution is 7.14. The number of nitrogens with one attached hydrogen (secondary N) is 1. The number of carbonyl (C=O) groups is 2. The second kappa shape index (κ2) is 7.92. The number of thiophene rings is 1. The van der Waals surface area contributed by atoms with Crippen LogP contribution in [0, 0.1) is 23.3 Å². The molecule has 0 aliphatic heterocycles. The first-order valence-electron chi connectivity index (χ1n) is 7.88. The third-order valence-corrected chi connectivity index (χ3v) is 4.95. The van der Waals surface area contributed by atoms with Crippen LogP contribution in [0.2, 0.25) is 0 Å². The number of ether oxygens (including phenoxy) is 1. The Bertz CT molecular complexity index is 1110. The van der Waals surface area contributed by atoms with Gasteiger partial charge in [0.2, 0.25) is 0 Å². The molecule has 150 valence electrons. The van der Waals surface area contributed by atoms with E-state index in [0.29, 0.717) is 5.56 Å². The molecule has 0 unspecified atom stereocenters. The van der Waals surface area contributed by atoms with Crippen LogP contribution in [0.1, 0.15) is 20.7 Å². The SMILES string of the molecule is COc1c(F)cc(F)c(C(=O)Nc2csc(-c3ccc(F)cc3)c2C(=O)O)c1F. The first-order chi connectivity index (χ1) is 13.7. The molecule has 0 atom stereocenters. The standard InChI is InChI=1S/C19H11F4NO4S/c1-28-16-11(22)6-10(21)13(15(16)23)18(25)24-12-7-29-17(14(12)19(26)27)8-2-4-9(20)5-3-8/h2-7H,1H3,(H,24,25)(H,26,27). The van der Waals surface area contributed by atoms with E-state index in [9.17, 15) is 32.3 Å². The summed E-state index contributed by atoms with van der Waals surface area (Å²) in [7, 11) is 0.942. The predicted molar refractivity (Wildman–Crippen MR) is 97.5 cm³/mol. The Morgan fingerprint density at radius 3 is 2.28 bits per heavy atom. The lowest BCUT2D eigenvalue weighted by molar-refractivity contribution is 0.0699. The summed E-state index contributed by atoms with van der Waals surface area (Å²) in [6, 6.07) is 5.25. The van der Waals surface area contributed by atoms with Crippen molar-refractivity contribution in [1.82, 2.24) is 0 Å². The molecule has 0 radical (unpaired) electrons. The normalized spacial score (nSPS) is 10.7. The molecule has 0 fully saturated rings. The van der Waals surface area contributed by atoms with Gasteiger partial charge in [-0.05, 0) is 17.7 Å². The average Bonchev–Trinajstić information content (AvgIpc) is 3.06. The molecule has 2 N–H and O–H groups in total. The van der Waals surface area contributed by atoms with E-state index >= 15 is 0 Å². The number of rotatable bonds is 5. The molecule has 1 aromatic heterocycles. The van der Waals surface area contributed by atoms with Gasteiger partial charge in [0.1, 0.15) is 22.8 Å². The van der Waals surface area contributed by atoms with Crippen molar-refractivity contribution in [3.63, 3.8) is 0 Å². The highest BCUT2D eigenvalue weighted by Crippen LogP contribution is 2.37. The summed E-state index contributed by atoms with van der Waals surface area (Å²) in [5.74, 6) is -8.60. The molecular weight excluding hydrogens is 414 g/mol. The number of hydrogen-bond donors (Lipinski definition) is 2. The Balaban J connectivity index is 2.02. The number of halogens is 4. The van der Waals surface area contributed by atoms with Gasteiger partial charge < -0.3 is 15.2 Å². The highest BCUT2D eigenvalue weighted by Gasteiger charge is 2.27. The zero-order valence-corrected chi connectivity index (χ0v) is 15.4. The molecule has 29 heavy (non-hydrogen) atoms. The zero-order chi connectivity index (χ0) is 21.3. The van der Waals surface area contributed by atoms with Gasteiger partial charge in [0, 0.05) is 11.4 Å². The van der Waals surface area contributed by atoms with E-state index < -0.39 is 46.5 Å². The van der Waals surface area contributed by atoms with Crippen molar-refractivity contribution in [2.75, 3.05) is 12.4 Å². The maximum absolute atomic E-state index is 14.3. The lowest BCUT2D eigenvalue weighted by Gasteiger charge is -2.11. The van der Waals surface area contributed by atoms with Crippen LogP contribution >= 0.6 is 11.3 Å². The molecule has 10 heteroatoms. The maximum Gasteiger partial charge on any atom is 0.339 e. The van der Waals surface area contributed by atoms with Crippen molar-refractivity contribution < 1.29 is 37.0 Å². The molecule has 0 bridgehead atoms. The quantitative estimate of drug-likeness (QED) is 0.569. The van der Waals surface area contributed by atoms with Crippen molar-refractivity contribution in [1.29, 1.82) is 0 Å². The van der Waals surface area contributed by atoms with Crippen LogP contribution in [0.4, 0.5) is 23.2 Å². The van der Waals surface area contributed by atoms with Crippen LogP contribution in [0.25, 0.3) is 10.4 Å². The molecule has 3 aromatic rings. The number of methoxy groups -OCH3 is 1. The number of amides is 1. The average molecular weight is 425 g/mol. The van der Waals surface area contributed by atoms with Crippen molar-refractivity contribution in [3.05, 3.63) is 70.1 Å². The Kier molecular flexibility index (Phi) is 5.55. The summed E-state index contributed by atoms with van der Waals surface area (Å²) in [4.78, 5) is 24.3. The summed E-state index contributed by atoms with van der Waals surface area (Å²) < 4.78 is 59.4. The number of benzene rings is 2. The van der Waals surface area contributed by atoms with Gasteiger partial charge in [-0.2, -0.15) is 0 Å². The molecule has 0 aliphatic carbocycles. The number of carboxylic acid groups (broad SMARTS) is 1. The van der Waals surface area contributed by atoms with E-state index in [1.165, 1.54) is 17.5 Å². The number of carbonyl (C=O) groups excluding carboxylic acids is 1. The highest BCUT2D eigenvalue weighted by atomic mass is 32.1. The van der Waals surface area contributed by atoms with E-state index in [2.05, 4.69) is 10.1 Å². The molecule has 0 spiro atoms. The predicted octanol–water partition coefficient (Wildman–Crippen LogP) is 4.93. The van der Waals surface area contributed by atoms with Gasteiger partial charge in [-0.1, -0.05) is 12.1 Å². The molecule has 0 saturated carbocycles. The summed E-state index contributed by atoms with van der Waals surface area (Å²) >= 11 is 0.929. The maximum atomic E-state index is 14.3. The Morgan fingerprint density at radius 1 is 1.03 bits per heavy atom. The molecule has 1 amide bonds. The van der Waals surface area contributed by atoms with Gasteiger partial charge >= 0.3 is 5.97 Å². The van der Waals surface area contributed by atoms with E-state index in [1.807, 2.05) is 0 Å². The topological polar surface area (TPSA) is 75.6 Å². The number of carboxylic acids is 1. The monoisotopic (exact) mass is 425 g/mol. The summed E-state index contributed by atoms with van der Waals surface area (Å²) in [6.07, 6.45) is 0. The third-order valence-electron chi connectivity index (χ3n) is 3.92. The second-order valence-corrected chi connectivity index (χ2v) is 6.56. The molecule has 2 aromatic carbocycles. The number of anilines is 1. The van der Waals surface area contributed by atoms with E-state index in [1.54, 1.807) is 0 Å². The van der Waals surface area contributed by atoms with Crippen LogP contribution in [0.15, 0.2) is 35.7 Å². The fourth-order valence-electron chi connectivity index (χ4n) is 2.63. The van der Waals surface area contributed by atoms with Crippen LogP contribution in [0.5, 0.6) is 5.75 Å². The van der Waals surface area contributed by atoms with Crippen LogP contribution in [-0.2, 0) is 0 Å². The molecule has 1 heterocycles. The Hall–Kier alpha value is -3.40. The van der Waals surface area contributed by atoms with Crippen LogP contribution in [0.3, 0.4) is 0 Å². The number of hydrogen-bond acceptors (Lipinski definition) is 4. The molecule has 0 aliphatic rings. The van der Waals surface area contributed by atoms with E-state index in [4.69, 9.17) is 0 Å². The lowest BCUT2D eigenvalue weighted by Crippen LogP contribution is -2.18. The third kappa shape index (κ3) is 3.79. The molecule has 3 rings (SSSR count). The van der Waals surface area contributed by atoms with Crippen molar-refractivity contribution in [2.24, 2.45) is 0 Å².